The predicted molar refractivity (Wildman–Crippen MR) is 158 cm³/mol. The Balaban J connectivity index is 1.06. The summed E-state index contributed by atoms with van der Waals surface area (Å²) in [6.07, 6.45) is 7.66. The lowest BCUT2D eigenvalue weighted by Crippen LogP contribution is -2.45. The van der Waals surface area contributed by atoms with E-state index in [1.165, 1.54) is 38.2 Å². The molecule has 12 nitrogen and oxygen atoms in total. The standard InChI is InChI=1S/C30H33N7O5S/c31-29-25(41-19-27-34-26(35-42-27)20-43(39,40)28-5-1-2-12-32-28)17-23(18-33-29)21-6-8-22(9-7-21)30(38)37-15-10-24(11-16-37)36-13-3-4-14-36/h1-2,5-9,12,17-18,24H,3-4,10-11,13-16,19-20H2,(H2,31,33). The monoisotopic (exact) mass is 603 g/mol. The molecule has 2 saturated heterocycles. The first-order valence-electron chi connectivity index (χ1n) is 14.3. The molecule has 0 spiro atoms. The minimum atomic E-state index is -3.72. The number of nitrogens with zero attached hydrogens (tertiary/aromatic N) is 6. The van der Waals surface area contributed by atoms with E-state index in [-0.39, 0.29) is 35.1 Å². The summed E-state index contributed by atoms with van der Waals surface area (Å²) >= 11 is 0. The van der Waals surface area contributed by atoms with Crippen molar-refractivity contribution in [1.82, 2.24) is 29.9 Å². The first kappa shape index (κ1) is 28.7. The number of piperidine rings is 1. The van der Waals surface area contributed by atoms with Crippen LogP contribution in [0.3, 0.4) is 0 Å². The third-order valence-corrected chi connectivity index (χ3v) is 9.41. The van der Waals surface area contributed by atoms with Crippen LogP contribution >= 0.6 is 0 Å². The van der Waals surface area contributed by atoms with Crippen LogP contribution in [0.1, 0.15) is 47.8 Å². The number of amides is 1. The number of anilines is 1. The highest BCUT2D eigenvalue weighted by molar-refractivity contribution is 7.90. The molecule has 5 heterocycles. The molecule has 0 atom stereocenters. The van der Waals surface area contributed by atoms with Crippen molar-refractivity contribution in [3.8, 4) is 16.9 Å². The zero-order chi connectivity index (χ0) is 29.8. The van der Waals surface area contributed by atoms with E-state index in [1.54, 1.807) is 24.4 Å². The van der Waals surface area contributed by atoms with Crippen molar-refractivity contribution >= 4 is 21.6 Å². The fraction of sp³-hybridized carbons (Fsp3) is 0.367. The Labute approximate surface area is 249 Å². The number of nitrogens with two attached hydrogens (primary N) is 1. The maximum atomic E-state index is 13.2. The molecule has 0 saturated carbocycles. The summed E-state index contributed by atoms with van der Waals surface area (Å²) in [5, 5.41) is 3.68. The summed E-state index contributed by atoms with van der Waals surface area (Å²) in [5.74, 6) is 0.155. The molecule has 0 unspecified atom stereocenters. The summed E-state index contributed by atoms with van der Waals surface area (Å²) in [4.78, 5) is 29.9. The van der Waals surface area contributed by atoms with Crippen molar-refractivity contribution < 1.29 is 22.5 Å². The van der Waals surface area contributed by atoms with Crippen molar-refractivity contribution in [1.29, 1.82) is 0 Å². The van der Waals surface area contributed by atoms with Crippen molar-refractivity contribution in [2.75, 3.05) is 31.9 Å². The van der Waals surface area contributed by atoms with E-state index < -0.39 is 15.6 Å². The molecule has 1 amide bonds. The Bertz CT molecular complexity index is 1660. The van der Waals surface area contributed by atoms with Crippen molar-refractivity contribution in [2.24, 2.45) is 0 Å². The topological polar surface area (TPSA) is 158 Å². The zero-order valence-corrected chi connectivity index (χ0v) is 24.4. The molecule has 2 aliphatic heterocycles. The smallest absolute Gasteiger partial charge is 0.264 e. The fourth-order valence-electron chi connectivity index (χ4n) is 5.58. The minimum absolute atomic E-state index is 0.00491. The zero-order valence-electron chi connectivity index (χ0n) is 23.6. The second kappa shape index (κ2) is 12.5. The van der Waals surface area contributed by atoms with Gasteiger partial charge >= 0.3 is 0 Å². The van der Waals surface area contributed by atoms with E-state index in [0.29, 0.717) is 17.4 Å². The Morgan fingerprint density at radius 1 is 1.00 bits per heavy atom. The number of aromatic nitrogens is 4. The minimum Gasteiger partial charge on any atom is -0.480 e. The lowest BCUT2D eigenvalue weighted by molar-refractivity contribution is 0.0644. The number of likely N-dealkylation sites (tertiary alicyclic amines) is 2. The molecule has 4 aromatic rings. The van der Waals surface area contributed by atoms with Crippen LogP contribution < -0.4 is 10.5 Å². The maximum absolute atomic E-state index is 13.2. The van der Waals surface area contributed by atoms with Gasteiger partial charge in [-0.05, 0) is 74.7 Å². The Hall–Kier alpha value is -4.36. The van der Waals surface area contributed by atoms with Crippen LogP contribution in [0.4, 0.5) is 5.82 Å². The van der Waals surface area contributed by atoms with Gasteiger partial charge in [0.05, 0.1) is 0 Å². The van der Waals surface area contributed by atoms with Gasteiger partial charge in [0, 0.05) is 42.7 Å². The first-order chi connectivity index (χ1) is 20.9. The molecule has 13 heteroatoms. The average molecular weight is 604 g/mol. The van der Waals surface area contributed by atoms with E-state index in [1.807, 2.05) is 29.2 Å². The van der Waals surface area contributed by atoms with Gasteiger partial charge in [0.2, 0.25) is 9.84 Å². The molecule has 0 aliphatic carbocycles. The van der Waals surface area contributed by atoms with Crippen LogP contribution in [-0.4, -0.2) is 76.5 Å². The van der Waals surface area contributed by atoms with E-state index >= 15 is 0 Å². The Morgan fingerprint density at radius 3 is 2.49 bits per heavy atom. The molecule has 2 N–H and O–H groups in total. The third-order valence-electron chi connectivity index (χ3n) is 7.89. The van der Waals surface area contributed by atoms with Crippen molar-refractivity contribution in [3.05, 3.63) is 78.2 Å². The summed E-state index contributed by atoms with van der Waals surface area (Å²) in [7, 11) is -3.72. The number of carbonyl (C=O) groups is 1. The fourth-order valence-corrected chi connectivity index (χ4v) is 6.69. The van der Waals surface area contributed by atoms with Crippen molar-refractivity contribution in [2.45, 2.75) is 49.1 Å². The van der Waals surface area contributed by atoms with Gasteiger partial charge in [-0.3, -0.25) is 4.79 Å². The maximum Gasteiger partial charge on any atom is 0.264 e. The highest BCUT2D eigenvalue weighted by Crippen LogP contribution is 2.29. The molecule has 224 valence electrons. The molecule has 2 fully saturated rings. The quantitative estimate of drug-likeness (QED) is 0.299. The van der Waals surface area contributed by atoms with Gasteiger partial charge < -0.3 is 24.8 Å². The third kappa shape index (κ3) is 6.67. The van der Waals surface area contributed by atoms with Crippen LogP contribution in [0.25, 0.3) is 11.1 Å². The largest absolute Gasteiger partial charge is 0.480 e. The molecule has 43 heavy (non-hydrogen) atoms. The van der Waals surface area contributed by atoms with Crippen LogP contribution in [0.5, 0.6) is 5.75 Å². The molecule has 6 rings (SSSR count). The summed E-state index contributed by atoms with van der Waals surface area (Å²) in [6, 6.07) is 14.4. The number of hydrogen-bond acceptors (Lipinski definition) is 11. The first-order valence-corrected chi connectivity index (χ1v) is 16.0. The van der Waals surface area contributed by atoms with E-state index in [0.717, 1.165) is 37.1 Å². The van der Waals surface area contributed by atoms with Crippen LogP contribution in [0, 0.1) is 0 Å². The van der Waals surface area contributed by atoms with E-state index in [4.69, 9.17) is 15.0 Å². The number of carbonyl (C=O) groups excluding carboxylic acids is 1. The molecule has 2 aliphatic rings. The molecule has 1 aromatic carbocycles. The molecular weight excluding hydrogens is 570 g/mol. The van der Waals surface area contributed by atoms with Gasteiger partial charge in [0.25, 0.3) is 11.8 Å². The number of benzene rings is 1. The second-order valence-electron chi connectivity index (χ2n) is 10.8. The number of ether oxygens (including phenoxy) is 1. The number of pyridine rings is 2. The van der Waals surface area contributed by atoms with Crippen LogP contribution in [0.2, 0.25) is 0 Å². The number of nitrogen functional groups attached to an aromatic ring is 1. The Morgan fingerprint density at radius 2 is 1.77 bits per heavy atom. The summed E-state index contributed by atoms with van der Waals surface area (Å²) in [6.45, 7) is 3.81. The van der Waals surface area contributed by atoms with Gasteiger partial charge in [0.1, 0.15) is 5.75 Å². The highest BCUT2D eigenvalue weighted by Gasteiger charge is 2.28. The molecule has 3 aromatic heterocycles. The lowest BCUT2D eigenvalue weighted by Gasteiger charge is -2.36. The highest BCUT2D eigenvalue weighted by atomic mass is 32.2. The average Bonchev–Trinajstić information content (AvgIpc) is 3.74. The number of hydrogen-bond donors (Lipinski definition) is 1. The number of rotatable bonds is 9. The van der Waals surface area contributed by atoms with Gasteiger partial charge in [-0.15, -0.1) is 0 Å². The second-order valence-corrected chi connectivity index (χ2v) is 12.7. The molecule has 0 bridgehead atoms. The molecular formula is C30H33N7O5S. The van der Waals surface area contributed by atoms with Gasteiger partial charge in [-0.1, -0.05) is 23.4 Å². The van der Waals surface area contributed by atoms with Crippen LogP contribution in [-0.2, 0) is 22.2 Å². The Kier molecular flexibility index (Phi) is 8.34. The predicted octanol–water partition coefficient (Wildman–Crippen LogP) is 3.36. The SMILES string of the molecule is Nc1ncc(-c2ccc(C(=O)N3CCC(N4CCCC4)CC3)cc2)cc1OCc1nc(CS(=O)(=O)c2ccccn2)no1. The van der Waals surface area contributed by atoms with Gasteiger partial charge in [-0.25, -0.2) is 18.4 Å². The molecule has 0 radical (unpaired) electrons. The summed E-state index contributed by atoms with van der Waals surface area (Å²) in [5.41, 5.74) is 8.29. The van der Waals surface area contributed by atoms with Gasteiger partial charge in [-0.2, -0.15) is 4.98 Å². The van der Waals surface area contributed by atoms with Crippen LogP contribution in [0.15, 0.2) is 70.5 Å². The lowest BCUT2D eigenvalue weighted by atomic mass is 10.0. The normalized spacial score (nSPS) is 16.4. The van der Waals surface area contributed by atoms with E-state index in [2.05, 4.69) is 25.0 Å². The van der Waals surface area contributed by atoms with Gasteiger partial charge in [0.15, 0.2) is 29.0 Å². The van der Waals surface area contributed by atoms with Crippen molar-refractivity contribution in [3.63, 3.8) is 0 Å². The number of sulfone groups is 1. The summed E-state index contributed by atoms with van der Waals surface area (Å²) < 4.78 is 36.0. The van der Waals surface area contributed by atoms with E-state index in [9.17, 15) is 13.2 Å².